The molecule has 3 aromatic carbocycles. The van der Waals surface area contributed by atoms with Crippen molar-refractivity contribution < 1.29 is 9.18 Å². The first-order valence-corrected chi connectivity index (χ1v) is 7.77. The molecule has 0 aliphatic rings. The number of hydrogen-bond donors (Lipinski definition) is 0. The summed E-state index contributed by atoms with van der Waals surface area (Å²) in [5.74, 6) is -0.364. The van der Waals surface area contributed by atoms with Crippen LogP contribution in [0.15, 0.2) is 78.9 Å². The van der Waals surface area contributed by atoms with Crippen molar-refractivity contribution in [1.82, 2.24) is 0 Å². The van der Waals surface area contributed by atoms with Crippen LogP contribution >= 0.6 is 0 Å². The van der Waals surface area contributed by atoms with Gasteiger partial charge in [0.2, 0.25) is 0 Å². The second kappa shape index (κ2) is 7.05. The van der Waals surface area contributed by atoms with Gasteiger partial charge in [-0.05, 0) is 41.8 Å². The Morgan fingerprint density at radius 3 is 2.25 bits per heavy atom. The Hall–Kier alpha value is -3.00. The highest BCUT2D eigenvalue weighted by Crippen LogP contribution is 2.24. The molecule has 0 N–H and O–H groups in total. The summed E-state index contributed by atoms with van der Waals surface area (Å²) in [6.07, 6.45) is 3.39. The largest absolute Gasteiger partial charge is 0.289 e. The topological polar surface area (TPSA) is 17.1 Å². The van der Waals surface area contributed by atoms with Crippen molar-refractivity contribution in [2.45, 2.75) is 6.92 Å². The van der Waals surface area contributed by atoms with E-state index in [-0.39, 0.29) is 11.6 Å². The van der Waals surface area contributed by atoms with Crippen molar-refractivity contribution in [2.75, 3.05) is 0 Å². The van der Waals surface area contributed by atoms with Gasteiger partial charge in [-0.3, -0.25) is 4.79 Å². The van der Waals surface area contributed by atoms with E-state index in [9.17, 15) is 9.18 Å². The third-order valence-corrected chi connectivity index (χ3v) is 3.85. The Morgan fingerprint density at radius 2 is 1.54 bits per heavy atom. The maximum absolute atomic E-state index is 13.1. The Balaban J connectivity index is 1.90. The molecule has 2 heteroatoms. The van der Waals surface area contributed by atoms with Crippen molar-refractivity contribution in [3.8, 4) is 11.1 Å². The average molecular weight is 316 g/mol. The van der Waals surface area contributed by atoms with E-state index in [0.29, 0.717) is 5.56 Å². The van der Waals surface area contributed by atoms with Gasteiger partial charge in [0.1, 0.15) is 5.82 Å². The summed E-state index contributed by atoms with van der Waals surface area (Å²) >= 11 is 0. The molecule has 3 aromatic rings. The molecule has 0 atom stereocenters. The molecule has 0 aliphatic heterocycles. The van der Waals surface area contributed by atoms with Crippen molar-refractivity contribution in [2.24, 2.45) is 0 Å². The second-order valence-corrected chi connectivity index (χ2v) is 5.66. The van der Waals surface area contributed by atoms with Gasteiger partial charge in [-0.25, -0.2) is 4.39 Å². The minimum atomic E-state index is -0.290. The van der Waals surface area contributed by atoms with E-state index in [1.807, 2.05) is 55.5 Å². The fraction of sp³-hybridized carbons (Fsp3) is 0.0455. The van der Waals surface area contributed by atoms with Gasteiger partial charge in [0, 0.05) is 5.56 Å². The molecular weight excluding hydrogens is 299 g/mol. The molecule has 0 aliphatic carbocycles. The van der Waals surface area contributed by atoms with Crippen LogP contribution in [0.3, 0.4) is 0 Å². The Kier molecular flexibility index (Phi) is 4.66. The highest BCUT2D eigenvalue weighted by atomic mass is 19.1. The molecule has 0 amide bonds. The monoisotopic (exact) mass is 316 g/mol. The number of carbonyl (C=O) groups is 1. The Morgan fingerprint density at radius 1 is 0.875 bits per heavy atom. The Bertz CT molecular complexity index is 875. The smallest absolute Gasteiger partial charge is 0.186 e. The fourth-order valence-corrected chi connectivity index (χ4v) is 2.52. The fourth-order valence-electron chi connectivity index (χ4n) is 2.52. The zero-order valence-corrected chi connectivity index (χ0v) is 13.4. The molecule has 1 nitrogen and oxygen atoms in total. The lowest BCUT2D eigenvalue weighted by molar-refractivity contribution is 0.104. The lowest BCUT2D eigenvalue weighted by Crippen LogP contribution is -1.97. The first-order valence-electron chi connectivity index (χ1n) is 7.77. The molecule has 0 heterocycles. The van der Waals surface area contributed by atoms with Crippen molar-refractivity contribution in [1.29, 1.82) is 0 Å². The van der Waals surface area contributed by atoms with Crippen LogP contribution in [0.2, 0.25) is 0 Å². The first-order chi connectivity index (χ1) is 11.6. The minimum Gasteiger partial charge on any atom is -0.289 e. The van der Waals surface area contributed by atoms with Gasteiger partial charge >= 0.3 is 0 Å². The third kappa shape index (κ3) is 3.66. The summed E-state index contributed by atoms with van der Waals surface area (Å²) < 4.78 is 13.1. The molecule has 0 fully saturated rings. The highest BCUT2D eigenvalue weighted by molar-refractivity contribution is 6.10. The van der Waals surface area contributed by atoms with Gasteiger partial charge in [-0.15, -0.1) is 0 Å². The molecule has 118 valence electrons. The zero-order valence-electron chi connectivity index (χ0n) is 13.4. The molecule has 0 saturated carbocycles. The summed E-state index contributed by atoms with van der Waals surface area (Å²) in [6.45, 7) is 2.03. The summed E-state index contributed by atoms with van der Waals surface area (Å²) in [5, 5.41) is 0. The summed E-state index contributed by atoms with van der Waals surface area (Å²) in [6, 6.07) is 21.5. The number of carbonyl (C=O) groups excluding carboxylic acids is 1. The van der Waals surface area contributed by atoms with Gasteiger partial charge < -0.3 is 0 Å². The normalized spacial score (nSPS) is 10.9. The predicted octanol–water partition coefficient (Wildman–Crippen LogP) is 5.70. The number of aryl methyl sites for hydroxylation is 1. The van der Waals surface area contributed by atoms with E-state index < -0.39 is 0 Å². The maximum atomic E-state index is 13.1. The van der Waals surface area contributed by atoms with Crippen LogP contribution in [0.4, 0.5) is 4.39 Å². The lowest BCUT2D eigenvalue weighted by Gasteiger charge is -2.07. The van der Waals surface area contributed by atoms with Crippen LogP contribution in [0, 0.1) is 12.7 Å². The highest BCUT2D eigenvalue weighted by Gasteiger charge is 2.10. The van der Waals surface area contributed by atoms with E-state index in [2.05, 4.69) is 0 Å². The molecular formula is C22H17FO. The maximum Gasteiger partial charge on any atom is 0.186 e. The number of benzene rings is 3. The number of allylic oxidation sites excluding steroid dienone is 1. The number of ketones is 1. The van der Waals surface area contributed by atoms with Crippen LogP contribution in [0.5, 0.6) is 0 Å². The van der Waals surface area contributed by atoms with E-state index in [0.717, 1.165) is 16.7 Å². The molecule has 3 rings (SSSR count). The molecule has 0 unspecified atom stereocenters. The number of hydrogen-bond acceptors (Lipinski definition) is 1. The molecule has 0 radical (unpaired) electrons. The number of rotatable bonds is 4. The molecule has 0 bridgehead atoms. The van der Waals surface area contributed by atoms with Crippen molar-refractivity contribution in [3.63, 3.8) is 0 Å². The lowest BCUT2D eigenvalue weighted by atomic mass is 9.96. The van der Waals surface area contributed by atoms with E-state index in [4.69, 9.17) is 0 Å². The van der Waals surface area contributed by atoms with E-state index in [1.54, 1.807) is 24.3 Å². The van der Waals surface area contributed by atoms with Crippen LogP contribution < -0.4 is 0 Å². The molecule has 24 heavy (non-hydrogen) atoms. The van der Waals surface area contributed by atoms with E-state index in [1.165, 1.54) is 17.7 Å². The average Bonchev–Trinajstić information content (AvgIpc) is 2.62. The van der Waals surface area contributed by atoms with Crippen LogP contribution in [-0.4, -0.2) is 5.78 Å². The summed E-state index contributed by atoms with van der Waals surface area (Å²) in [7, 11) is 0. The quantitative estimate of drug-likeness (QED) is 0.446. The zero-order chi connectivity index (χ0) is 16.9. The molecule has 0 spiro atoms. The molecule has 0 saturated heterocycles. The van der Waals surface area contributed by atoms with Gasteiger partial charge in [-0.1, -0.05) is 72.3 Å². The predicted molar refractivity (Wildman–Crippen MR) is 96.4 cm³/mol. The third-order valence-electron chi connectivity index (χ3n) is 3.85. The van der Waals surface area contributed by atoms with Gasteiger partial charge in [0.15, 0.2) is 5.78 Å². The van der Waals surface area contributed by atoms with Gasteiger partial charge in [0.05, 0.1) is 0 Å². The van der Waals surface area contributed by atoms with Gasteiger partial charge in [0.25, 0.3) is 0 Å². The minimum absolute atomic E-state index is 0.0736. The molecule has 0 aromatic heterocycles. The number of halogens is 1. The van der Waals surface area contributed by atoms with Crippen LogP contribution in [-0.2, 0) is 0 Å². The summed E-state index contributed by atoms with van der Waals surface area (Å²) in [4.78, 5) is 12.6. The summed E-state index contributed by atoms with van der Waals surface area (Å²) in [5.41, 5.74) is 4.39. The standard InChI is InChI=1S/C22H17FO/c1-16-6-8-17(9-7-16)10-15-22(24)21-5-3-2-4-20(21)18-11-13-19(23)14-12-18/h2-15H,1H3. The van der Waals surface area contributed by atoms with Crippen LogP contribution in [0.1, 0.15) is 21.5 Å². The van der Waals surface area contributed by atoms with Crippen molar-refractivity contribution >= 4 is 11.9 Å². The van der Waals surface area contributed by atoms with E-state index >= 15 is 0 Å². The van der Waals surface area contributed by atoms with Crippen molar-refractivity contribution in [3.05, 3.63) is 101 Å². The van der Waals surface area contributed by atoms with Crippen LogP contribution in [0.25, 0.3) is 17.2 Å². The first kappa shape index (κ1) is 15.9. The SMILES string of the molecule is Cc1ccc(C=CC(=O)c2ccccc2-c2ccc(F)cc2)cc1. The Labute approximate surface area is 141 Å². The van der Waals surface area contributed by atoms with Gasteiger partial charge in [-0.2, -0.15) is 0 Å². The second-order valence-electron chi connectivity index (χ2n) is 5.66.